The third kappa shape index (κ3) is 5.23. The summed E-state index contributed by atoms with van der Waals surface area (Å²) < 4.78 is 17.0. The number of aryl methyl sites for hydroxylation is 1. The minimum atomic E-state index is -0.215. The second-order valence-corrected chi connectivity index (χ2v) is 7.69. The van der Waals surface area contributed by atoms with Crippen molar-refractivity contribution < 1.29 is 18.4 Å². The third-order valence-corrected chi connectivity index (χ3v) is 4.75. The van der Waals surface area contributed by atoms with Crippen molar-refractivity contribution in [2.45, 2.75) is 46.7 Å². The van der Waals surface area contributed by atoms with Crippen molar-refractivity contribution in [1.82, 2.24) is 10.2 Å². The standard InChI is InChI=1S/C21H30N2O4/c1-14(2)11-19-17(13-23-7-9-25-10-8-23)12-20(27-19)21(24)22-16(4)18-6-5-15(3)26-18/h5-6,12,14,16H,7-11,13H2,1-4H3,(H,22,24). The van der Waals surface area contributed by atoms with E-state index in [1.54, 1.807) is 0 Å². The Balaban J connectivity index is 1.72. The molecule has 0 aromatic carbocycles. The van der Waals surface area contributed by atoms with Crippen LogP contribution in [-0.2, 0) is 17.7 Å². The first-order valence-electron chi connectivity index (χ1n) is 9.71. The second kappa shape index (κ2) is 8.76. The quantitative estimate of drug-likeness (QED) is 0.800. The number of nitrogens with zero attached hydrogens (tertiary/aromatic N) is 1. The number of hydrogen-bond donors (Lipinski definition) is 1. The molecule has 1 fully saturated rings. The Hall–Kier alpha value is -2.05. The summed E-state index contributed by atoms with van der Waals surface area (Å²) in [5.41, 5.74) is 1.09. The van der Waals surface area contributed by atoms with Gasteiger partial charge in [0.1, 0.15) is 17.3 Å². The predicted octanol–water partition coefficient (Wildman–Crippen LogP) is 3.70. The minimum absolute atomic E-state index is 0.213. The number of rotatable bonds is 7. The zero-order chi connectivity index (χ0) is 19.4. The predicted molar refractivity (Wildman–Crippen MR) is 103 cm³/mol. The summed E-state index contributed by atoms with van der Waals surface area (Å²) in [4.78, 5) is 15.0. The highest BCUT2D eigenvalue weighted by Crippen LogP contribution is 2.23. The normalized spacial score (nSPS) is 16.6. The van der Waals surface area contributed by atoms with Gasteiger partial charge in [-0.15, -0.1) is 0 Å². The molecule has 1 saturated heterocycles. The lowest BCUT2D eigenvalue weighted by Crippen LogP contribution is -2.35. The van der Waals surface area contributed by atoms with Gasteiger partial charge in [0.15, 0.2) is 5.76 Å². The van der Waals surface area contributed by atoms with Crippen LogP contribution in [0.3, 0.4) is 0 Å². The third-order valence-electron chi connectivity index (χ3n) is 4.75. The van der Waals surface area contributed by atoms with Crippen molar-refractivity contribution in [3.8, 4) is 0 Å². The van der Waals surface area contributed by atoms with E-state index in [9.17, 15) is 4.79 Å². The molecule has 2 aromatic heterocycles. The van der Waals surface area contributed by atoms with Gasteiger partial charge in [0.05, 0.1) is 19.3 Å². The van der Waals surface area contributed by atoms with E-state index in [4.69, 9.17) is 13.6 Å². The Morgan fingerprint density at radius 3 is 2.56 bits per heavy atom. The summed E-state index contributed by atoms with van der Waals surface area (Å²) in [6, 6.07) is 5.46. The van der Waals surface area contributed by atoms with Crippen molar-refractivity contribution in [1.29, 1.82) is 0 Å². The highest BCUT2D eigenvalue weighted by molar-refractivity contribution is 5.92. The number of nitrogens with one attached hydrogen (secondary N) is 1. The van der Waals surface area contributed by atoms with E-state index in [2.05, 4.69) is 24.1 Å². The van der Waals surface area contributed by atoms with Crippen molar-refractivity contribution in [3.63, 3.8) is 0 Å². The highest BCUT2D eigenvalue weighted by atomic mass is 16.5. The molecule has 1 unspecified atom stereocenters. The Kier molecular flexibility index (Phi) is 6.39. The van der Waals surface area contributed by atoms with Gasteiger partial charge in [-0.25, -0.2) is 0 Å². The molecule has 0 saturated carbocycles. The van der Waals surface area contributed by atoms with E-state index in [1.807, 2.05) is 32.0 Å². The Labute approximate surface area is 160 Å². The molecule has 3 heterocycles. The van der Waals surface area contributed by atoms with Gasteiger partial charge >= 0.3 is 0 Å². The van der Waals surface area contributed by atoms with E-state index in [0.717, 1.165) is 62.1 Å². The fourth-order valence-corrected chi connectivity index (χ4v) is 3.28. The van der Waals surface area contributed by atoms with Crippen molar-refractivity contribution >= 4 is 5.91 Å². The first-order chi connectivity index (χ1) is 12.9. The molecule has 0 radical (unpaired) electrons. The van der Waals surface area contributed by atoms with E-state index < -0.39 is 0 Å². The topological polar surface area (TPSA) is 67.9 Å². The van der Waals surface area contributed by atoms with Crippen LogP contribution >= 0.6 is 0 Å². The maximum absolute atomic E-state index is 12.7. The van der Waals surface area contributed by atoms with Crippen LogP contribution in [0.5, 0.6) is 0 Å². The van der Waals surface area contributed by atoms with Crippen LogP contribution in [0.4, 0.5) is 0 Å². The van der Waals surface area contributed by atoms with Gasteiger partial charge in [-0.2, -0.15) is 0 Å². The van der Waals surface area contributed by atoms with Crippen LogP contribution in [0, 0.1) is 12.8 Å². The monoisotopic (exact) mass is 374 g/mol. The molecule has 1 aliphatic heterocycles. The number of hydrogen-bond acceptors (Lipinski definition) is 5. The van der Waals surface area contributed by atoms with E-state index >= 15 is 0 Å². The molecule has 1 atom stereocenters. The Morgan fingerprint density at radius 2 is 1.93 bits per heavy atom. The molecule has 6 heteroatoms. The van der Waals surface area contributed by atoms with Crippen LogP contribution in [0.25, 0.3) is 0 Å². The smallest absolute Gasteiger partial charge is 0.287 e. The average Bonchev–Trinajstić information content (AvgIpc) is 3.22. The van der Waals surface area contributed by atoms with E-state index in [1.165, 1.54) is 0 Å². The summed E-state index contributed by atoms with van der Waals surface area (Å²) in [6.07, 6.45) is 0.819. The molecule has 27 heavy (non-hydrogen) atoms. The number of amides is 1. The highest BCUT2D eigenvalue weighted by Gasteiger charge is 2.22. The fraction of sp³-hybridized carbons (Fsp3) is 0.571. The van der Waals surface area contributed by atoms with Crippen molar-refractivity contribution in [2.75, 3.05) is 26.3 Å². The summed E-state index contributed by atoms with van der Waals surface area (Å²) in [5.74, 6) is 3.09. The molecule has 0 aliphatic carbocycles. The minimum Gasteiger partial charge on any atom is -0.464 e. The molecular weight excluding hydrogens is 344 g/mol. The lowest BCUT2D eigenvalue weighted by atomic mass is 10.1. The second-order valence-electron chi connectivity index (χ2n) is 7.69. The first kappa shape index (κ1) is 19.7. The van der Waals surface area contributed by atoms with Gasteiger partial charge < -0.3 is 18.9 Å². The molecule has 3 rings (SSSR count). The number of morpholine rings is 1. The van der Waals surface area contributed by atoms with Crippen molar-refractivity contribution in [3.05, 3.63) is 46.8 Å². The number of furan rings is 2. The largest absolute Gasteiger partial charge is 0.464 e. The molecule has 1 amide bonds. The molecule has 148 valence electrons. The zero-order valence-corrected chi connectivity index (χ0v) is 16.7. The Bertz CT molecular complexity index is 756. The average molecular weight is 374 g/mol. The molecule has 6 nitrogen and oxygen atoms in total. The van der Waals surface area contributed by atoms with Gasteiger partial charge in [0.2, 0.25) is 0 Å². The van der Waals surface area contributed by atoms with Crippen LogP contribution in [0.15, 0.2) is 27.0 Å². The first-order valence-corrected chi connectivity index (χ1v) is 9.71. The summed E-state index contributed by atoms with van der Waals surface area (Å²) in [6.45, 7) is 12.2. The van der Waals surface area contributed by atoms with Gasteiger partial charge in [0, 0.05) is 31.6 Å². The fourth-order valence-electron chi connectivity index (χ4n) is 3.28. The van der Waals surface area contributed by atoms with Gasteiger partial charge in [-0.05, 0) is 38.0 Å². The van der Waals surface area contributed by atoms with Crippen LogP contribution in [0.2, 0.25) is 0 Å². The van der Waals surface area contributed by atoms with Crippen molar-refractivity contribution in [2.24, 2.45) is 5.92 Å². The molecule has 0 bridgehead atoms. The van der Waals surface area contributed by atoms with Gasteiger partial charge in [-0.3, -0.25) is 9.69 Å². The summed E-state index contributed by atoms with van der Waals surface area (Å²) >= 11 is 0. The number of ether oxygens (including phenoxy) is 1. The van der Waals surface area contributed by atoms with Gasteiger partial charge in [-0.1, -0.05) is 13.8 Å². The van der Waals surface area contributed by atoms with Crippen LogP contribution < -0.4 is 5.32 Å². The Morgan fingerprint density at radius 1 is 1.19 bits per heavy atom. The molecule has 1 aliphatic rings. The summed E-state index contributed by atoms with van der Waals surface area (Å²) in [7, 11) is 0. The maximum atomic E-state index is 12.7. The van der Waals surface area contributed by atoms with Crippen LogP contribution in [0.1, 0.15) is 60.2 Å². The zero-order valence-electron chi connectivity index (χ0n) is 16.7. The molecule has 0 spiro atoms. The lowest BCUT2D eigenvalue weighted by molar-refractivity contribution is 0.0339. The molecular formula is C21H30N2O4. The number of carbonyl (C=O) groups is 1. The number of carbonyl (C=O) groups excluding carboxylic acids is 1. The molecule has 1 N–H and O–H groups in total. The van der Waals surface area contributed by atoms with E-state index in [0.29, 0.717) is 11.7 Å². The van der Waals surface area contributed by atoms with Gasteiger partial charge in [0.25, 0.3) is 5.91 Å². The lowest BCUT2D eigenvalue weighted by Gasteiger charge is -2.26. The molecule has 2 aromatic rings. The summed E-state index contributed by atoms with van der Waals surface area (Å²) in [5, 5.41) is 2.96. The SMILES string of the molecule is Cc1ccc(C(C)NC(=O)c2cc(CN3CCOCC3)c(CC(C)C)o2)o1. The van der Waals surface area contributed by atoms with E-state index in [-0.39, 0.29) is 11.9 Å². The maximum Gasteiger partial charge on any atom is 0.287 e. The van der Waals surface area contributed by atoms with Crippen LogP contribution in [-0.4, -0.2) is 37.1 Å².